The Bertz CT molecular complexity index is 1430. The largest absolute Gasteiger partial charge is 0.384 e. The molecule has 7 heteroatoms. The van der Waals surface area contributed by atoms with Crippen molar-refractivity contribution in [3.63, 3.8) is 0 Å². The van der Waals surface area contributed by atoms with Gasteiger partial charge in [-0.15, -0.1) is 22.7 Å². The second-order valence-electron chi connectivity index (χ2n) is 12.3. The second-order valence-corrected chi connectivity index (χ2v) is 14.5. The molecule has 0 amide bonds. The summed E-state index contributed by atoms with van der Waals surface area (Å²) < 4.78 is 0. The number of thiophene rings is 2. The molecule has 2 aromatic heterocycles. The maximum atomic E-state index is 13.9. The highest BCUT2D eigenvalue weighted by atomic mass is 32.1. The summed E-state index contributed by atoms with van der Waals surface area (Å²) in [6.07, 6.45) is 6.30. The van der Waals surface area contributed by atoms with Gasteiger partial charge in [-0.2, -0.15) is 10.5 Å². The van der Waals surface area contributed by atoms with E-state index in [0.29, 0.717) is 35.4 Å². The molecule has 192 valence electrons. The Kier molecular flexibility index (Phi) is 6.37. The van der Waals surface area contributed by atoms with Crippen LogP contribution in [-0.2, 0) is 23.1 Å². The van der Waals surface area contributed by atoms with E-state index in [1.165, 1.54) is 16.2 Å². The zero-order valence-electron chi connectivity index (χ0n) is 22.3. The van der Waals surface area contributed by atoms with Crippen molar-refractivity contribution in [2.24, 2.45) is 11.1 Å². The first-order valence-corrected chi connectivity index (χ1v) is 14.7. The summed E-state index contributed by atoms with van der Waals surface area (Å²) in [5, 5.41) is 21.5. The number of hydrogen-bond acceptors (Lipinski definition) is 7. The number of rotatable bonds is 2. The van der Waals surface area contributed by atoms with Gasteiger partial charge >= 0.3 is 0 Å². The Morgan fingerprint density at radius 3 is 2.43 bits per heavy atom. The zero-order valence-corrected chi connectivity index (χ0v) is 24.0. The summed E-state index contributed by atoms with van der Waals surface area (Å²) in [5.41, 5.74) is 10.3. The van der Waals surface area contributed by atoms with Gasteiger partial charge in [0.1, 0.15) is 16.9 Å². The van der Waals surface area contributed by atoms with E-state index in [0.717, 1.165) is 46.8 Å². The molecule has 3 heterocycles. The fourth-order valence-electron chi connectivity index (χ4n) is 5.94. The molecule has 0 unspecified atom stereocenters. The summed E-state index contributed by atoms with van der Waals surface area (Å²) in [4.78, 5) is 19.2. The molecule has 0 saturated heterocycles. The standard InChI is InChI=1S/C30H34N4OS2/c1-29(2,3)24-12-11-23(36-24)25-19(16-32)27(33)34(20-13-30(4,5)14-21(35)26(20)25)28-18(15-31)17-9-7-6-8-10-22(17)37-28/h11-12,25H,6-10,13-14,33H2,1-5H3/t25-/m0/s1. The number of carbonyl (C=O) groups excluding carboxylic acids is 1. The Balaban J connectivity index is 1.76. The van der Waals surface area contributed by atoms with Crippen LogP contribution in [0.15, 0.2) is 34.8 Å². The maximum Gasteiger partial charge on any atom is 0.162 e. The quantitative estimate of drug-likeness (QED) is 0.415. The Morgan fingerprint density at radius 2 is 1.78 bits per heavy atom. The number of carbonyl (C=O) groups is 1. The second kappa shape index (κ2) is 9.15. The van der Waals surface area contributed by atoms with Gasteiger partial charge < -0.3 is 5.73 Å². The summed E-state index contributed by atoms with van der Waals surface area (Å²) in [6.45, 7) is 10.7. The first kappa shape index (κ1) is 25.8. The van der Waals surface area contributed by atoms with Crippen LogP contribution >= 0.6 is 22.7 Å². The highest BCUT2D eigenvalue weighted by molar-refractivity contribution is 7.16. The smallest absolute Gasteiger partial charge is 0.162 e. The molecule has 0 spiro atoms. The Hall–Kier alpha value is -2.87. The zero-order chi connectivity index (χ0) is 26.7. The van der Waals surface area contributed by atoms with Gasteiger partial charge in [0.15, 0.2) is 5.78 Å². The molecule has 5 rings (SSSR count). The molecular formula is C30H34N4OS2. The average Bonchev–Trinajstić information content (AvgIpc) is 3.36. The predicted molar refractivity (Wildman–Crippen MR) is 150 cm³/mol. The van der Waals surface area contributed by atoms with Gasteiger partial charge in [-0.1, -0.05) is 41.0 Å². The number of Topliss-reactive ketones (excluding diaryl/α,β-unsaturated/α-hetero) is 1. The van der Waals surface area contributed by atoms with Crippen LogP contribution in [-0.4, -0.2) is 5.78 Å². The van der Waals surface area contributed by atoms with Gasteiger partial charge in [0.05, 0.1) is 23.1 Å². The van der Waals surface area contributed by atoms with E-state index in [1.54, 1.807) is 22.7 Å². The summed E-state index contributed by atoms with van der Waals surface area (Å²) in [7, 11) is 0. The highest BCUT2D eigenvalue weighted by Crippen LogP contribution is 2.53. The average molecular weight is 531 g/mol. The van der Waals surface area contributed by atoms with E-state index in [4.69, 9.17) is 5.73 Å². The summed E-state index contributed by atoms with van der Waals surface area (Å²) in [6, 6.07) is 9.03. The summed E-state index contributed by atoms with van der Waals surface area (Å²) in [5.74, 6) is -0.0384. The van der Waals surface area contributed by atoms with Crippen LogP contribution in [0.3, 0.4) is 0 Å². The molecule has 1 atom stereocenters. The minimum Gasteiger partial charge on any atom is -0.384 e. The fraction of sp³-hybridized carbons (Fsp3) is 0.500. The summed E-state index contributed by atoms with van der Waals surface area (Å²) >= 11 is 3.28. The lowest BCUT2D eigenvalue weighted by molar-refractivity contribution is -0.118. The molecule has 0 radical (unpaired) electrons. The normalized spacial score (nSPS) is 21.8. The van der Waals surface area contributed by atoms with Crippen LogP contribution in [0.25, 0.3) is 0 Å². The Labute approximate surface area is 227 Å². The molecule has 1 aliphatic heterocycles. The van der Waals surface area contributed by atoms with Crippen molar-refractivity contribution in [1.82, 2.24) is 0 Å². The topological polar surface area (TPSA) is 93.9 Å². The van der Waals surface area contributed by atoms with Crippen LogP contribution in [0.5, 0.6) is 0 Å². The third-order valence-corrected chi connectivity index (χ3v) is 10.6. The van der Waals surface area contributed by atoms with E-state index < -0.39 is 5.92 Å². The van der Waals surface area contributed by atoms with E-state index in [-0.39, 0.29) is 16.6 Å². The number of hydrogen-bond donors (Lipinski definition) is 1. The molecule has 5 nitrogen and oxygen atoms in total. The first-order valence-electron chi connectivity index (χ1n) is 13.1. The SMILES string of the molecule is CC1(C)CC(=O)C2=C(C1)N(c1sc3c(c1C#N)CCCCC3)C(N)=C(C#N)[C@H]2c1ccc(C(C)(C)C)s1. The molecule has 0 aromatic carbocycles. The number of aryl methyl sites for hydroxylation is 1. The van der Waals surface area contributed by atoms with Crippen molar-refractivity contribution in [1.29, 1.82) is 10.5 Å². The van der Waals surface area contributed by atoms with Crippen LogP contribution < -0.4 is 10.6 Å². The number of anilines is 1. The van der Waals surface area contributed by atoms with Crippen molar-refractivity contribution >= 4 is 33.5 Å². The lowest BCUT2D eigenvalue weighted by Crippen LogP contribution is -2.42. The minimum absolute atomic E-state index is 0.0298. The van der Waals surface area contributed by atoms with Crippen molar-refractivity contribution in [2.45, 2.75) is 90.9 Å². The monoisotopic (exact) mass is 530 g/mol. The molecule has 2 N–H and O–H groups in total. The molecule has 0 saturated carbocycles. The number of nitrogens with zero attached hydrogens (tertiary/aromatic N) is 3. The van der Waals surface area contributed by atoms with Crippen LogP contribution in [0.1, 0.15) is 98.4 Å². The molecular weight excluding hydrogens is 496 g/mol. The van der Waals surface area contributed by atoms with E-state index >= 15 is 0 Å². The van der Waals surface area contributed by atoms with Crippen LogP contribution in [0.2, 0.25) is 0 Å². The number of ketones is 1. The molecule has 0 fully saturated rings. The van der Waals surface area contributed by atoms with Crippen molar-refractivity contribution < 1.29 is 4.79 Å². The Morgan fingerprint density at radius 1 is 1.05 bits per heavy atom. The fourth-order valence-corrected chi connectivity index (χ4v) is 8.50. The van der Waals surface area contributed by atoms with Gasteiger partial charge in [-0.25, -0.2) is 0 Å². The van der Waals surface area contributed by atoms with Gasteiger partial charge in [0.2, 0.25) is 0 Å². The lowest BCUT2D eigenvalue weighted by Gasteiger charge is -2.43. The third kappa shape index (κ3) is 4.33. The van der Waals surface area contributed by atoms with Gasteiger partial charge in [-0.05, 0) is 60.6 Å². The maximum absolute atomic E-state index is 13.9. The van der Waals surface area contributed by atoms with Gasteiger partial charge in [0, 0.05) is 32.3 Å². The number of nitrogens with two attached hydrogens (primary N) is 1. The van der Waals surface area contributed by atoms with Crippen molar-refractivity contribution in [3.8, 4) is 12.1 Å². The third-order valence-electron chi connectivity index (χ3n) is 7.75. The van der Waals surface area contributed by atoms with Gasteiger partial charge in [-0.3, -0.25) is 9.69 Å². The van der Waals surface area contributed by atoms with Crippen molar-refractivity contribution in [2.75, 3.05) is 4.90 Å². The molecule has 37 heavy (non-hydrogen) atoms. The van der Waals surface area contributed by atoms with E-state index in [9.17, 15) is 15.3 Å². The number of nitriles is 2. The molecule has 3 aliphatic rings. The molecule has 2 aromatic rings. The van der Waals surface area contributed by atoms with Gasteiger partial charge in [0.25, 0.3) is 0 Å². The minimum atomic E-state index is -0.468. The molecule has 0 bridgehead atoms. The first-order chi connectivity index (χ1) is 17.5. The highest BCUT2D eigenvalue weighted by Gasteiger charge is 2.46. The predicted octanol–water partition coefficient (Wildman–Crippen LogP) is 7.19. The number of fused-ring (bicyclic) bond motifs is 1. The number of allylic oxidation sites excluding steroid dienone is 3. The molecule has 2 aliphatic carbocycles. The lowest BCUT2D eigenvalue weighted by atomic mass is 9.70. The van der Waals surface area contributed by atoms with E-state index in [2.05, 4.69) is 58.9 Å². The van der Waals surface area contributed by atoms with Crippen LogP contribution in [0, 0.1) is 28.1 Å². The van der Waals surface area contributed by atoms with Crippen LogP contribution in [0.4, 0.5) is 5.00 Å². The van der Waals surface area contributed by atoms with Crippen molar-refractivity contribution in [3.05, 3.63) is 60.6 Å². The van der Waals surface area contributed by atoms with E-state index in [1.807, 2.05) is 4.90 Å².